The van der Waals surface area contributed by atoms with E-state index in [1.165, 1.54) is 38.5 Å². The van der Waals surface area contributed by atoms with Crippen LogP contribution in [-0.2, 0) is 0 Å². The fourth-order valence-electron chi connectivity index (χ4n) is 4.94. The summed E-state index contributed by atoms with van der Waals surface area (Å²) in [6.07, 6.45) is 15.9. The van der Waals surface area contributed by atoms with Crippen molar-refractivity contribution < 1.29 is 0 Å². The van der Waals surface area contributed by atoms with E-state index in [2.05, 4.69) is 49.9 Å². The Morgan fingerprint density at radius 1 is 1.15 bits per heavy atom. The van der Waals surface area contributed by atoms with Crippen molar-refractivity contribution in [2.45, 2.75) is 64.6 Å². The van der Waals surface area contributed by atoms with Crippen LogP contribution in [0.4, 0.5) is 0 Å². The SMILES string of the molecule is CC1CC2C=CC=C([Si](C)(C)N(C)C3CCCC3)C2C1. The van der Waals surface area contributed by atoms with Crippen molar-refractivity contribution in [3.8, 4) is 0 Å². The lowest BCUT2D eigenvalue weighted by Gasteiger charge is -2.43. The molecule has 3 atom stereocenters. The molecule has 0 spiro atoms. The predicted octanol–water partition coefficient (Wildman–Crippen LogP) is 4.76. The molecule has 0 aromatic carbocycles. The summed E-state index contributed by atoms with van der Waals surface area (Å²) >= 11 is 0. The molecule has 0 N–H and O–H groups in total. The Bertz CT molecular complexity index is 417. The van der Waals surface area contributed by atoms with Crippen LogP contribution in [0.25, 0.3) is 0 Å². The van der Waals surface area contributed by atoms with E-state index in [0.717, 1.165) is 23.8 Å². The first-order chi connectivity index (χ1) is 9.50. The van der Waals surface area contributed by atoms with Gasteiger partial charge in [0.25, 0.3) is 0 Å². The van der Waals surface area contributed by atoms with Gasteiger partial charge in [-0.05, 0) is 50.5 Å². The maximum absolute atomic E-state index is 2.82. The summed E-state index contributed by atoms with van der Waals surface area (Å²) in [5, 5.41) is 1.84. The van der Waals surface area contributed by atoms with Gasteiger partial charge in [-0.1, -0.05) is 56.3 Å². The van der Waals surface area contributed by atoms with Gasteiger partial charge in [0.05, 0.1) is 0 Å². The van der Waals surface area contributed by atoms with Crippen molar-refractivity contribution in [1.82, 2.24) is 4.57 Å². The van der Waals surface area contributed by atoms with Gasteiger partial charge in [-0.15, -0.1) is 0 Å². The zero-order valence-electron chi connectivity index (χ0n) is 13.7. The lowest BCUT2D eigenvalue weighted by atomic mass is 9.91. The first-order valence-electron chi connectivity index (χ1n) is 8.62. The second-order valence-electron chi connectivity index (χ2n) is 7.96. The molecule has 3 rings (SSSR count). The lowest BCUT2D eigenvalue weighted by molar-refractivity contribution is 0.371. The fourth-order valence-corrected chi connectivity index (χ4v) is 8.26. The largest absolute Gasteiger partial charge is 0.320 e. The van der Waals surface area contributed by atoms with Crippen LogP contribution < -0.4 is 0 Å². The van der Waals surface area contributed by atoms with E-state index in [0.29, 0.717) is 0 Å². The Morgan fingerprint density at radius 3 is 2.55 bits per heavy atom. The van der Waals surface area contributed by atoms with Crippen LogP contribution in [0.3, 0.4) is 0 Å². The molecule has 3 aliphatic carbocycles. The maximum Gasteiger partial charge on any atom is 0.150 e. The van der Waals surface area contributed by atoms with E-state index in [1.54, 1.807) is 0 Å². The average Bonchev–Trinajstić information content (AvgIpc) is 3.04. The second-order valence-corrected chi connectivity index (χ2v) is 12.4. The zero-order valence-corrected chi connectivity index (χ0v) is 14.7. The Hall–Kier alpha value is -0.343. The van der Waals surface area contributed by atoms with Gasteiger partial charge in [0.2, 0.25) is 0 Å². The van der Waals surface area contributed by atoms with E-state index in [9.17, 15) is 0 Å². The van der Waals surface area contributed by atoms with Gasteiger partial charge in [-0.25, -0.2) is 0 Å². The minimum absolute atomic E-state index is 0.841. The second kappa shape index (κ2) is 5.45. The van der Waals surface area contributed by atoms with Crippen LogP contribution in [0, 0.1) is 17.8 Å². The van der Waals surface area contributed by atoms with Gasteiger partial charge in [0.1, 0.15) is 8.24 Å². The zero-order chi connectivity index (χ0) is 14.3. The molecule has 0 amide bonds. The third-order valence-corrected chi connectivity index (χ3v) is 10.4. The van der Waals surface area contributed by atoms with E-state index < -0.39 is 8.24 Å². The van der Waals surface area contributed by atoms with Crippen molar-refractivity contribution in [3.63, 3.8) is 0 Å². The molecule has 0 aliphatic heterocycles. The summed E-state index contributed by atoms with van der Waals surface area (Å²) < 4.78 is 2.82. The molecular formula is C18H31NSi. The molecule has 0 bridgehead atoms. The first-order valence-corrected chi connectivity index (χ1v) is 11.6. The average molecular weight is 290 g/mol. The first kappa shape index (κ1) is 14.6. The highest BCUT2D eigenvalue weighted by atomic mass is 28.3. The highest BCUT2D eigenvalue weighted by Crippen LogP contribution is 2.46. The molecule has 20 heavy (non-hydrogen) atoms. The molecule has 2 saturated carbocycles. The Labute approximate surface area is 126 Å². The third-order valence-electron chi connectivity index (χ3n) is 6.34. The third kappa shape index (κ3) is 2.46. The molecule has 3 aliphatic rings. The van der Waals surface area contributed by atoms with Crippen molar-refractivity contribution in [2.75, 3.05) is 7.05 Å². The van der Waals surface area contributed by atoms with Crippen LogP contribution in [0.2, 0.25) is 13.1 Å². The minimum atomic E-state index is -1.44. The van der Waals surface area contributed by atoms with Gasteiger partial charge < -0.3 is 4.57 Å². The van der Waals surface area contributed by atoms with E-state index in [1.807, 2.05) is 5.20 Å². The highest BCUT2D eigenvalue weighted by Gasteiger charge is 2.44. The summed E-state index contributed by atoms with van der Waals surface area (Å²) in [6, 6.07) is 0.862. The summed E-state index contributed by atoms with van der Waals surface area (Å²) in [5.74, 6) is 2.62. The number of rotatable bonds is 3. The minimum Gasteiger partial charge on any atom is -0.320 e. The van der Waals surface area contributed by atoms with Crippen LogP contribution in [0.5, 0.6) is 0 Å². The van der Waals surface area contributed by atoms with Crippen LogP contribution in [-0.4, -0.2) is 25.9 Å². The van der Waals surface area contributed by atoms with Crippen LogP contribution in [0.1, 0.15) is 45.4 Å². The molecule has 0 aromatic heterocycles. The summed E-state index contributed by atoms with van der Waals surface area (Å²) in [7, 11) is 0.982. The summed E-state index contributed by atoms with van der Waals surface area (Å²) in [5.41, 5.74) is 0. The van der Waals surface area contributed by atoms with E-state index in [4.69, 9.17) is 0 Å². The normalized spacial score (nSPS) is 34.6. The number of hydrogen-bond donors (Lipinski definition) is 0. The van der Waals surface area contributed by atoms with E-state index >= 15 is 0 Å². The molecule has 0 saturated heterocycles. The fraction of sp³-hybridized carbons (Fsp3) is 0.778. The Kier molecular flexibility index (Phi) is 3.98. The number of allylic oxidation sites excluding steroid dienone is 4. The van der Waals surface area contributed by atoms with Gasteiger partial charge in [-0.2, -0.15) is 0 Å². The predicted molar refractivity (Wildman–Crippen MR) is 90.1 cm³/mol. The molecule has 3 unspecified atom stereocenters. The maximum atomic E-state index is 2.82. The monoisotopic (exact) mass is 289 g/mol. The number of nitrogens with zero attached hydrogens (tertiary/aromatic N) is 1. The lowest BCUT2D eigenvalue weighted by Crippen LogP contribution is -2.54. The van der Waals surface area contributed by atoms with Crippen molar-refractivity contribution in [2.24, 2.45) is 17.8 Å². The Balaban J connectivity index is 1.82. The molecular weight excluding hydrogens is 258 g/mol. The smallest absolute Gasteiger partial charge is 0.150 e. The topological polar surface area (TPSA) is 3.24 Å². The Morgan fingerprint density at radius 2 is 1.85 bits per heavy atom. The quantitative estimate of drug-likeness (QED) is 0.677. The van der Waals surface area contributed by atoms with E-state index in [-0.39, 0.29) is 0 Å². The van der Waals surface area contributed by atoms with Gasteiger partial charge in [-0.3, -0.25) is 0 Å². The highest BCUT2D eigenvalue weighted by molar-refractivity contribution is 6.81. The molecule has 112 valence electrons. The van der Waals surface area contributed by atoms with Gasteiger partial charge in [0.15, 0.2) is 0 Å². The molecule has 1 nitrogen and oxygen atoms in total. The standard InChI is InChI=1S/C18H31NSi/c1-14-12-15-8-7-11-18(17(15)13-14)20(3,4)19(2)16-9-5-6-10-16/h7-8,11,14-17H,5-6,9-10,12-13H2,1-4H3. The molecule has 0 aromatic rings. The molecule has 0 radical (unpaired) electrons. The van der Waals surface area contributed by atoms with Gasteiger partial charge in [0, 0.05) is 6.04 Å². The molecule has 2 fully saturated rings. The van der Waals surface area contributed by atoms with Crippen molar-refractivity contribution in [3.05, 3.63) is 23.4 Å². The molecule has 2 heteroatoms. The summed E-state index contributed by atoms with van der Waals surface area (Å²) in [6.45, 7) is 7.63. The van der Waals surface area contributed by atoms with Crippen LogP contribution in [0.15, 0.2) is 23.4 Å². The molecule has 0 heterocycles. The number of fused-ring (bicyclic) bond motifs is 1. The van der Waals surface area contributed by atoms with Crippen LogP contribution >= 0.6 is 0 Å². The van der Waals surface area contributed by atoms with Crippen molar-refractivity contribution in [1.29, 1.82) is 0 Å². The summed E-state index contributed by atoms with van der Waals surface area (Å²) in [4.78, 5) is 0. The number of hydrogen-bond acceptors (Lipinski definition) is 1. The van der Waals surface area contributed by atoms with Crippen molar-refractivity contribution >= 4 is 8.24 Å². The van der Waals surface area contributed by atoms with Gasteiger partial charge >= 0.3 is 0 Å².